The van der Waals surface area contributed by atoms with E-state index >= 15 is 0 Å². The minimum atomic E-state index is -4.43. The maximum atomic E-state index is 13.3. The first-order valence-electron chi connectivity index (χ1n) is 8.62. The predicted molar refractivity (Wildman–Crippen MR) is 104 cm³/mol. The number of rotatable bonds is 3. The van der Waals surface area contributed by atoms with Crippen molar-refractivity contribution in [2.75, 3.05) is 16.8 Å². The van der Waals surface area contributed by atoms with Gasteiger partial charge in [0.1, 0.15) is 0 Å². The Balaban J connectivity index is 1.80. The third-order valence-corrected chi connectivity index (χ3v) is 5.38. The van der Waals surface area contributed by atoms with Crippen molar-refractivity contribution in [3.8, 4) is 11.1 Å². The molecule has 0 spiro atoms. The van der Waals surface area contributed by atoms with Crippen LogP contribution in [-0.4, -0.2) is 17.4 Å². The summed E-state index contributed by atoms with van der Waals surface area (Å²) < 4.78 is 39.8. The lowest BCUT2D eigenvalue weighted by molar-refractivity contribution is -0.137. The van der Waals surface area contributed by atoms with Crippen molar-refractivity contribution in [2.24, 2.45) is 0 Å². The number of nitrogens with one attached hydrogen (secondary N) is 1. The molecule has 4 rings (SSSR count). The van der Waals surface area contributed by atoms with E-state index in [1.807, 2.05) is 6.07 Å². The molecule has 144 valence electrons. The van der Waals surface area contributed by atoms with Crippen molar-refractivity contribution in [1.82, 2.24) is 4.98 Å². The molecule has 1 aromatic heterocycles. The molecule has 1 aliphatic heterocycles. The van der Waals surface area contributed by atoms with Crippen molar-refractivity contribution in [2.45, 2.75) is 19.5 Å². The van der Waals surface area contributed by atoms with Crippen molar-refractivity contribution in [1.29, 1.82) is 0 Å². The number of amides is 1. The molecule has 0 saturated heterocycles. The Morgan fingerprint density at radius 3 is 2.71 bits per heavy atom. The van der Waals surface area contributed by atoms with Crippen molar-refractivity contribution in [3.05, 3.63) is 59.1 Å². The van der Waals surface area contributed by atoms with Crippen LogP contribution in [0.2, 0.25) is 0 Å². The number of halogens is 3. The first-order chi connectivity index (χ1) is 13.3. The number of thiazole rings is 1. The highest BCUT2D eigenvalue weighted by Gasteiger charge is 2.31. The van der Waals surface area contributed by atoms with Gasteiger partial charge in [0.2, 0.25) is 5.91 Å². The molecule has 28 heavy (non-hydrogen) atoms. The number of hydrogen-bond acceptors (Lipinski definition) is 4. The van der Waals surface area contributed by atoms with E-state index in [1.54, 1.807) is 28.6 Å². The van der Waals surface area contributed by atoms with E-state index in [0.717, 1.165) is 23.4 Å². The third-order valence-electron chi connectivity index (χ3n) is 4.69. The second-order valence-electron chi connectivity index (χ2n) is 6.48. The van der Waals surface area contributed by atoms with Crippen LogP contribution in [0.3, 0.4) is 0 Å². The van der Waals surface area contributed by atoms with E-state index in [9.17, 15) is 18.0 Å². The summed E-state index contributed by atoms with van der Waals surface area (Å²) in [7, 11) is 0. The van der Waals surface area contributed by atoms with Crippen LogP contribution in [0.15, 0.2) is 48.0 Å². The molecule has 0 atom stereocenters. The van der Waals surface area contributed by atoms with Crippen LogP contribution in [0.4, 0.5) is 29.7 Å². The summed E-state index contributed by atoms with van der Waals surface area (Å²) in [5.41, 5.74) is 2.70. The molecule has 8 heteroatoms. The summed E-state index contributed by atoms with van der Waals surface area (Å²) in [5, 5.41) is 5.49. The largest absolute Gasteiger partial charge is 0.416 e. The summed E-state index contributed by atoms with van der Waals surface area (Å²) in [6, 6.07) is 9.05. The van der Waals surface area contributed by atoms with Crippen LogP contribution in [0.5, 0.6) is 0 Å². The molecule has 1 N–H and O–H groups in total. The minimum Gasteiger partial charge on any atom is -0.331 e. The van der Waals surface area contributed by atoms with Gasteiger partial charge in [0, 0.05) is 42.0 Å². The highest BCUT2D eigenvalue weighted by Crippen LogP contribution is 2.39. The molecule has 0 unspecified atom stereocenters. The fraction of sp³-hybridized carbons (Fsp3) is 0.200. The molecule has 0 radical (unpaired) electrons. The molecule has 1 aliphatic rings. The molecule has 3 aromatic rings. The summed E-state index contributed by atoms with van der Waals surface area (Å²) in [6.45, 7) is 2.09. The van der Waals surface area contributed by atoms with Crippen LogP contribution >= 0.6 is 11.3 Å². The third kappa shape index (κ3) is 3.47. The zero-order valence-corrected chi connectivity index (χ0v) is 15.7. The number of aromatic nitrogens is 1. The summed E-state index contributed by atoms with van der Waals surface area (Å²) >= 11 is 1.37. The van der Waals surface area contributed by atoms with Gasteiger partial charge in [-0.15, -0.1) is 11.3 Å². The molecular weight excluding hydrogens is 387 g/mol. The highest BCUT2D eigenvalue weighted by atomic mass is 32.1. The van der Waals surface area contributed by atoms with Gasteiger partial charge in [-0.3, -0.25) is 4.79 Å². The zero-order valence-electron chi connectivity index (χ0n) is 14.9. The molecule has 2 aromatic carbocycles. The van der Waals surface area contributed by atoms with Gasteiger partial charge in [0.05, 0.1) is 5.56 Å². The van der Waals surface area contributed by atoms with Gasteiger partial charge < -0.3 is 10.2 Å². The average molecular weight is 403 g/mol. The maximum Gasteiger partial charge on any atom is 0.416 e. The molecule has 1 amide bonds. The Morgan fingerprint density at radius 2 is 2.04 bits per heavy atom. The molecule has 4 nitrogen and oxygen atoms in total. The average Bonchev–Trinajstić information content (AvgIpc) is 3.29. The summed E-state index contributed by atoms with van der Waals surface area (Å²) in [4.78, 5) is 17.6. The minimum absolute atomic E-state index is 0.0447. The van der Waals surface area contributed by atoms with E-state index in [1.165, 1.54) is 24.3 Å². The van der Waals surface area contributed by atoms with Crippen molar-refractivity contribution < 1.29 is 18.0 Å². The van der Waals surface area contributed by atoms with E-state index in [2.05, 4.69) is 10.3 Å². The number of carbonyl (C=O) groups excluding carboxylic acids is 1. The van der Waals surface area contributed by atoms with Crippen LogP contribution < -0.4 is 10.2 Å². The Morgan fingerprint density at radius 1 is 1.21 bits per heavy atom. The number of hydrogen-bond donors (Lipinski definition) is 1. The molecule has 0 aliphatic carbocycles. The molecule has 0 saturated carbocycles. The Kier molecular flexibility index (Phi) is 4.58. The van der Waals surface area contributed by atoms with Crippen molar-refractivity contribution >= 4 is 33.8 Å². The summed E-state index contributed by atoms with van der Waals surface area (Å²) in [6.07, 6.45) is -2.13. The van der Waals surface area contributed by atoms with E-state index in [4.69, 9.17) is 0 Å². The van der Waals surface area contributed by atoms with Crippen LogP contribution in [-0.2, 0) is 17.4 Å². The monoisotopic (exact) mass is 403 g/mol. The fourth-order valence-corrected chi connectivity index (χ4v) is 3.91. The van der Waals surface area contributed by atoms with E-state index in [0.29, 0.717) is 34.9 Å². The Bertz CT molecular complexity index is 1030. The summed E-state index contributed by atoms with van der Waals surface area (Å²) in [5.74, 6) is -0.0447. The first kappa shape index (κ1) is 18.5. The zero-order chi connectivity index (χ0) is 19.9. The van der Waals surface area contributed by atoms with E-state index in [-0.39, 0.29) is 5.91 Å². The standard InChI is InChI=1S/C20H16F3N3OS/c1-12(27)26-8-6-14-10-13(2-5-18(14)26)16-11-15(20(21,22)23)3-4-17(16)25-19-24-7-9-28-19/h2-5,7,9-11H,6,8H2,1H3,(H,24,25). The number of alkyl halides is 3. The number of carbonyl (C=O) groups is 1. The molecule has 0 fully saturated rings. The SMILES string of the molecule is CC(=O)N1CCc2cc(-c3cc(C(F)(F)F)ccc3Nc3nccs3)ccc21. The predicted octanol–water partition coefficient (Wildman–Crippen LogP) is 5.48. The number of benzene rings is 2. The number of nitrogens with zero attached hydrogens (tertiary/aromatic N) is 2. The van der Waals surface area contributed by atoms with Gasteiger partial charge in [0.25, 0.3) is 0 Å². The second kappa shape index (κ2) is 6.94. The molecule has 2 heterocycles. The van der Waals surface area contributed by atoms with Gasteiger partial charge in [-0.1, -0.05) is 6.07 Å². The highest BCUT2D eigenvalue weighted by molar-refractivity contribution is 7.13. The Hall–Kier alpha value is -2.87. The number of fused-ring (bicyclic) bond motifs is 1. The lowest BCUT2D eigenvalue weighted by Crippen LogP contribution is -2.25. The quantitative estimate of drug-likeness (QED) is 0.630. The van der Waals surface area contributed by atoms with Crippen molar-refractivity contribution in [3.63, 3.8) is 0 Å². The van der Waals surface area contributed by atoms with Gasteiger partial charge in [-0.05, 0) is 47.9 Å². The Labute approximate surface area is 163 Å². The van der Waals surface area contributed by atoms with Gasteiger partial charge >= 0.3 is 6.18 Å². The first-order valence-corrected chi connectivity index (χ1v) is 9.50. The van der Waals surface area contributed by atoms with Gasteiger partial charge in [-0.2, -0.15) is 13.2 Å². The smallest absolute Gasteiger partial charge is 0.331 e. The topological polar surface area (TPSA) is 45.2 Å². The maximum absolute atomic E-state index is 13.3. The fourth-order valence-electron chi connectivity index (χ4n) is 3.37. The van der Waals surface area contributed by atoms with Gasteiger partial charge in [0.15, 0.2) is 5.13 Å². The lowest BCUT2D eigenvalue weighted by atomic mass is 9.98. The molecular formula is C20H16F3N3OS. The normalized spacial score (nSPS) is 13.5. The second-order valence-corrected chi connectivity index (χ2v) is 7.38. The van der Waals surface area contributed by atoms with Crippen LogP contribution in [0, 0.1) is 0 Å². The van der Waals surface area contributed by atoms with E-state index < -0.39 is 11.7 Å². The lowest BCUT2D eigenvalue weighted by Gasteiger charge is -2.17. The van der Waals surface area contributed by atoms with Crippen LogP contribution in [0.1, 0.15) is 18.1 Å². The molecule has 0 bridgehead atoms. The van der Waals surface area contributed by atoms with Crippen LogP contribution in [0.25, 0.3) is 11.1 Å². The number of anilines is 3. The van der Waals surface area contributed by atoms with Gasteiger partial charge in [-0.25, -0.2) is 4.98 Å².